The molecule has 2 aromatic carbocycles. The molecule has 0 spiro atoms. The van der Waals surface area contributed by atoms with Crippen molar-refractivity contribution in [3.8, 4) is 16.9 Å². The molecule has 4 rings (SSSR count). The van der Waals surface area contributed by atoms with Crippen LogP contribution in [-0.2, 0) is 4.79 Å². The first kappa shape index (κ1) is 20.1. The topological polar surface area (TPSA) is 84.2 Å². The van der Waals surface area contributed by atoms with Crippen LogP contribution in [0, 0.1) is 0 Å². The van der Waals surface area contributed by atoms with Crippen LogP contribution in [0.4, 0.5) is 5.69 Å². The largest absolute Gasteiger partial charge is 0.508 e. The van der Waals surface area contributed by atoms with Crippen LogP contribution in [0.1, 0.15) is 19.4 Å². The summed E-state index contributed by atoms with van der Waals surface area (Å²) in [5.74, 6) is -0.215. The fourth-order valence-electron chi connectivity index (χ4n) is 3.29. The van der Waals surface area contributed by atoms with Crippen molar-refractivity contribution < 1.29 is 9.90 Å². The van der Waals surface area contributed by atoms with Crippen molar-refractivity contribution in [2.75, 3.05) is 5.32 Å². The van der Waals surface area contributed by atoms with Crippen molar-refractivity contribution in [1.82, 2.24) is 9.55 Å². The zero-order valence-electron chi connectivity index (χ0n) is 16.0. The fraction of sp³-hybridized carbons (Fsp3) is 0.136. The second-order valence-corrected chi connectivity index (χ2v) is 8.05. The summed E-state index contributed by atoms with van der Waals surface area (Å²) in [6.07, 6.45) is 1.84. The SMILES string of the molecule is CCC(C(=O)Nc1ccc(O)cc1)n1cnc2scc(-c3ccc(Cl)cc3)c2c1=O. The van der Waals surface area contributed by atoms with Crippen LogP contribution in [0.25, 0.3) is 21.3 Å². The Labute approximate surface area is 181 Å². The molecule has 2 N–H and O–H groups in total. The number of carbonyl (C=O) groups excluding carboxylic acids is 1. The van der Waals surface area contributed by atoms with Crippen LogP contribution in [-0.4, -0.2) is 20.6 Å². The third-order valence-corrected chi connectivity index (χ3v) is 5.97. The molecule has 0 aliphatic heterocycles. The third kappa shape index (κ3) is 3.81. The van der Waals surface area contributed by atoms with Crippen molar-refractivity contribution in [3.05, 3.63) is 75.6 Å². The standard InChI is InChI=1S/C22H18ClN3O3S/c1-2-18(20(28)25-15-7-9-16(27)10-8-15)26-12-24-21-19(22(26)29)17(11-30-21)13-3-5-14(23)6-4-13/h3-12,18,27H,2H2,1H3,(H,25,28). The summed E-state index contributed by atoms with van der Waals surface area (Å²) in [7, 11) is 0. The summed E-state index contributed by atoms with van der Waals surface area (Å²) in [6, 6.07) is 12.7. The van der Waals surface area contributed by atoms with Gasteiger partial charge in [-0.3, -0.25) is 14.2 Å². The number of rotatable bonds is 5. The van der Waals surface area contributed by atoms with E-state index in [9.17, 15) is 14.7 Å². The number of nitrogens with zero attached hydrogens (tertiary/aromatic N) is 2. The second-order valence-electron chi connectivity index (χ2n) is 6.75. The molecule has 0 radical (unpaired) electrons. The van der Waals surface area contributed by atoms with E-state index in [2.05, 4.69) is 10.3 Å². The average molecular weight is 440 g/mol. The van der Waals surface area contributed by atoms with Gasteiger partial charge in [-0.05, 0) is 48.4 Å². The number of phenolic OH excluding ortho intramolecular Hbond substituents is 1. The Balaban J connectivity index is 1.73. The maximum absolute atomic E-state index is 13.3. The van der Waals surface area contributed by atoms with Crippen molar-refractivity contribution in [1.29, 1.82) is 0 Å². The second kappa shape index (κ2) is 8.30. The van der Waals surface area contributed by atoms with E-state index in [1.165, 1.54) is 34.4 Å². The molecule has 1 unspecified atom stereocenters. The van der Waals surface area contributed by atoms with Gasteiger partial charge in [0.2, 0.25) is 5.91 Å². The number of hydrogen-bond acceptors (Lipinski definition) is 5. The van der Waals surface area contributed by atoms with Crippen LogP contribution in [0.2, 0.25) is 5.02 Å². The Morgan fingerprint density at radius 2 is 1.90 bits per heavy atom. The summed E-state index contributed by atoms with van der Waals surface area (Å²) >= 11 is 7.37. The molecule has 4 aromatic rings. The van der Waals surface area contributed by atoms with E-state index in [1.807, 2.05) is 24.4 Å². The van der Waals surface area contributed by atoms with Crippen molar-refractivity contribution in [2.24, 2.45) is 0 Å². The van der Waals surface area contributed by atoms with Crippen LogP contribution in [0.15, 0.2) is 65.0 Å². The van der Waals surface area contributed by atoms with E-state index in [0.717, 1.165) is 11.1 Å². The number of benzene rings is 2. The predicted molar refractivity (Wildman–Crippen MR) is 120 cm³/mol. The number of amides is 1. The van der Waals surface area contributed by atoms with Crippen LogP contribution >= 0.6 is 22.9 Å². The number of carbonyl (C=O) groups is 1. The number of fused-ring (bicyclic) bond motifs is 1. The molecular formula is C22H18ClN3O3S. The lowest BCUT2D eigenvalue weighted by Gasteiger charge is -2.18. The first-order valence-corrected chi connectivity index (χ1v) is 10.6. The molecule has 8 heteroatoms. The molecule has 152 valence electrons. The van der Waals surface area contributed by atoms with E-state index >= 15 is 0 Å². The average Bonchev–Trinajstić information content (AvgIpc) is 3.17. The number of aromatic nitrogens is 2. The van der Waals surface area contributed by atoms with Crippen LogP contribution in [0.3, 0.4) is 0 Å². The quantitative estimate of drug-likeness (QED) is 0.425. The van der Waals surface area contributed by atoms with E-state index in [4.69, 9.17) is 11.6 Å². The van der Waals surface area contributed by atoms with Gasteiger partial charge in [-0.2, -0.15) is 0 Å². The van der Waals surface area contributed by atoms with Gasteiger partial charge in [0.1, 0.15) is 16.6 Å². The van der Waals surface area contributed by atoms with Gasteiger partial charge in [0.15, 0.2) is 0 Å². The number of halogens is 1. The van der Waals surface area contributed by atoms with E-state index in [-0.39, 0.29) is 17.2 Å². The molecule has 6 nitrogen and oxygen atoms in total. The maximum Gasteiger partial charge on any atom is 0.263 e. The molecule has 2 heterocycles. The Morgan fingerprint density at radius 3 is 2.57 bits per heavy atom. The van der Waals surface area contributed by atoms with Crippen molar-refractivity contribution in [2.45, 2.75) is 19.4 Å². The molecule has 1 atom stereocenters. The van der Waals surface area contributed by atoms with Gasteiger partial charge in [-0.25, -0.2) is 4.98 Å². The molecule has 0 aliphatic carbocycles. The lowest BCUT2D eigenvalue weighted by molar-refractivity contribution is -0.119. The van der Waals surface area contributed by atoms with Crippen molar-refractivity contribution >= 4 is 44.7 Å². The Kier molecular flexibility index (Phi) is 5.57. The van der Waals surface area contributed by atoms with Gasteiger partial charge in [-0.1, -0.05) is 30.7 Å². The number of nitrogens with one attached hydrogen (secondary N) is 1. The minimum atomic E-state index is -0.721. The van der Waals surface area contributed by atoms with Gasteiger partial charge in [0, 0.05) is 21.7 Å². The summed E-state index contributed by atoms with van der Waals surface area (Å²) < 4.78 is 1.38. The highest BCUT2D eigenvalue weighted by atomic mass is 35.5. The lowest BCUT2D eigenvalue weighted by atomic mass is 10.1. The first-order chi connectivity index (χ1) is 14.5. The normalized spacial score (nSPS) is 12.1. The van der Waals surface area contributed by atoms with Gasteiger partial charge in [0.05, 0.1) is 11.7 Å². The summed E-state index contributed by atoms with van der Waals surface area (Å²) in [6.45, 7) is 1.84. The molecule has 2 aromatic heterocycles. The lowest BCUT2D eigenvalue weighted by Crippen LogP contribution is -2.33. The number of hydrogen-bond donors (Lipinski definition) is 2. The molecule has 0 aliphatic rings. The molecule has 1 amide bonds. The number of aromatic hydroxyl groups is 1. The minimum Gasteiger partial charge on any atom is -0.508 e. The molecule has 0 saturated carbocycles. The highest BCUT2D eigenvalue weighted by Gasteiger charge is 2.23. The third-order valence-electron chi connectivity index (χ3n) is 4.83. The molecule has 0 fully saturated rings. The molecule has 0 bridgehead atoms. The molecular weight excluding hydrogens is 422 g/mol. The monoisotopic (exact) mass is 439 g/mol. The zero-order chi connectivity index (χ0) is 21.3. The van der Waals surface area contributed by atoms with E-state index in [0.29, 0.717) is 27.3 Å². The predicted octanol–water partition coefficient (Wildman–Crippen LogP) is 5.07. The number of thiophene rings is 1. The highest BCUT2D eigenvalue weighted by Crippen LogP contribution is 2.31. The zero-order valence-corrected chi connectivity index (χ0v) is 17.6. The minimum absolute atomic E-state index is 0.109. The summed E-state index contributed by atoms with van der Waals surface area (Å²) in [5.41, 5.74) is 1.91. The first-order valence-electron chi connectivity index (χ1n) is 9.32. The number of phenols is 1. The molecule has 0 saturated heterocycles. The summed E-state index contributed by atoms with van der Waals surface area (Å²) in [5, 5.41) is 15.2. The highest BCUT2D eigenvalue weighted by molar-refractivity contribution is 7.17. The maximum atomic E-state index is 13.3. The van der Waals surface area contributed by atoms with E-state index < -0.39 is 6.04 Å². The van der Waals surface area contributed by atoms with Gasteiger partial charge < -0.3 is 10.4 Å². The van der Waals surface area contributed by atoms with Crippen LogP contribution < -0.4 is 10.9 Å². The van der Waals surface area contributed by atoms with E-state index in [1.54, 1.807) is 24.3 Å². The Hall–Kier alpha value is -3.16. The fourth-order valence-corrected chi connectivity index (χ4v) is 4.32. The van der Waals surface area contributed by atoms with Gasteiger partial charge >= 0.3 is 0 Å². The number of anilines is 1. The van der Waals surface area contributed by atoms with Crippen LogP contribution in [0.5, 0.6) is 5.75 Å². The Morgan fingerprint density at radius 1 is 1.20 bits per heavy atom. The molecule has 30 heavy (non-hydrogen) atoms. The Bertz CT molecular complexity index is 1260. The smallest absolute Gasteiger partial charge is 0.263 e. The van der Waals surface area contributed by atoms with Gasteiger partial charge in [0.25, 0.3) is 5.56 Å². The van der Waals surface area contributed by atoms with Crippen molar-refractivity contribution in [3.63, 3.8) is 0 Å². The van der Waals surface area contributed by atoms with Gasteiger partial charge in [-0.15, -0.1) is 11.3 Å². The summed E-state index contributed by atoms with van der Waals surface area (Å²) in [4.78, 5) is 31.3.